The van der Waals surface area contributed by atoms with E-state index in [1.807, 2.05) is 5.17 Å². The Labute approximate surface area is 203 Å². The zero-order chi connectivity index (χ0) is 22.5. The van der Waals surface area contributed by atoms with Crippen LogP contribution in [0.5, 0.6) is 0 Å². The molecule has 0 aliphatic heterocycles. The van der Waals surface area contributed by atoms with Crippen LogP contribution in [-0.4, -0.2) is 11.0 Å². The van der Waals surface area contributed by atoms with Gasteiger partial charge in [0.1, 0.15) is 0 Å². The number of hydrogen-bond donors (Lipinski definition) is 0. The molecule has 4 aromatic carbocycles. The molecule has 0 N–H and O–H groups in total. The normalized spacial score (nSPS) is 13.0. The molecule has 0 bridgehead atoms. The van der Waals surface area contributed by atoms with Crippen molar-refractivity contribution >= 4 is 32.5 Å². The molecule has 1 saturated carbocycles. The van der Waals surface area contributed by atoms with Crippen molar-refractivity contribution in [3.63, 3.8) is 0 Å². The van der Waals surface area contributed by atoms with Crippen LogP contribution in [0.4, 0.5) is 0 Å². The van der Waals surface area contributed by atoms with E-state index in [1.165, 1.54) is 109 Å². The first kappa shape index (κ1) is 24.3. The second kappa shape index (κ2) is 11.0. The van der Waals surface area contributed by atoms with Gasteiger partial charge in [-0.25, -0.2) is 0 Å². The first-order valence-corrected chi connectivity index (χ1v) is 17.7. The Morgan fingerprint density at radius 1 is 0.645 bits per heavy atom. The van der Waals surface area contributed by atoms with Crippen LogP contribution in [-0.2, 0) is 23.0 Å². The number of rotatable bonds is 0. The summed E-state index contributed by atoms with van der Waals surface area (Å²) in [7, 11) is 0. The molecule has 0 heterocycles. The van der Waals surface area contributed by atoms with Gasteiger partial charge in [0.05, 0.1) is 0 Å². The van der Waals surface area contributed by atoms with Gasteiger partial charge in [0.2, 0.25) is 0 Å². The van der Waals surface area contributed by atoms with E-state index in [0.29, 0.717) is 0 Å². The van der Waals surface area contributed by atoms with Crippen LogP contribution >= 0.6 is 0 Å². The second-order valence-corrected chi connectivity index (χ2v) is 12.7. The third-order valence-electron chi connectivity index (χ3n) is 6.32. The van der Waals surface area contributed by atoms with Gasteiger partial charge in [0.25, 0.3) is 0 Å². The van der Waals surface area contributed by atoms with Gasteiger partial charge in [-0.1, -0.05) is 51.0 Å². The third kappa shape index (κ3) is 6.11. The fourth-order valence-electron chi connectivity index (χ4n) is 4.40. The van der Waals surface area contributed by atoms with Crippen molar-refractivity contribution in [1.29, 1.82) is 0 Å². The standard InChI is InChI=1S/2C12H13.C5H8Si.Hf/c2*1-8-6-11-9(2)4-5-10(3)12(11)7-8;6-5-3-1-2-4-5;/h2*4-7H,1-3H3;1-4H2;/q2*-1;;+2. The molecule has 1 aliphatic rings. The minimum atomic E-state index is 1.27. The number of fused-ring (bicyclic) bond motifs is 2. The van der Waals surface area contributed by atoms with Crippen molar-refractivity contribution < 1.29 is 23.0 Å². The van der Waals surface area contributed by atoms with E-state index in [2.05, 4.69) is 90.1 Å². The Balaban J connectivity index is 0.000000137. The van der Waals surface area contributed by atoms with Crippen molar-refractivity contribution in [2.45, 2.75) is 67.2 Å². The first-order valence-electron chi connectivity index (χ1n) is 11.3. The van der Waals surface area contributed by atoms with E-state index in [-0.39, 0.29) is 0 Å². The molecule has 5 rings (SSSR count). The monoisotopic (exact) mass is 590 g/mol. The van der Waals surface area contributed by atoms with Crippen molar-refractivity contribution in [3.8, 4) is 0 Å². The first-order chi connectivity index (χ1) is 14.8. The van der Waals surface area contributed by atoms with Crippen LogP contribution in [0, 0.1) is 41.5 Å². The van der Waals surface area contributed by atoms with Gasteiger partial charge in [-0.15, -0.1) is 68.1 Å². The molecule has 0 aromatic heterocycles. The second-order valence-electron chi connectivity index (χ2n) is 9.05. The molecule has 0 saturated heterocycles. The Kier molecular flexibility index (Phi) is 8.58. The molecule has 4 aromatic rings. The summed E-state index contributed by atoms with van der Waals surface area (Å²) in [6, 6.07) is 17.8. The van der Waals surface area contributed by atoms with E-state index in [1.54, 1.807) is 0 Å². The third-order valence-corrected chi connectivity index (χ3v) is 11.0. The molecule has 0 spiro atoms. The molecule has 158 valence electrons. The summed E-state index contributed by atoms with van der Waals surface area (Å²) in [5.41, 5.74) is 8.24. The van der Waals surface area contributed by atoms with E-state index in [9.17, 15) is 0 Å². The van der Waals surface area contributed by atoms with Gasteiger partial charge in [-0.2, -0.15) is 12.1 Å². The summed E-state index contributed by atoms with van der Waals surface area (Å²) in [6.45, 7) is 13.0. The Hall–Kier alpha value is -1.38. The van der Waals surface area contributed by atoms with E-state index in [4.69, 9.17) is 0 Å². The molecule has 31 heavy (non-hydrogen) atoms. The van der Waals surface area contributed by atoms with E-state index in [0.717, 1.165) is 0 Å². The van der Waals surface area contributed by atoms with Crippen LogP contribution < -0.4 is 0 Å². The number of aryl methyl sites for hydroxylation is 6. The maximum atomic E-state index is 2.26. The van der Waals surface area contributed by atoms with Gasteiger partial charge < -0.3 is 0 Å². The summed E-state index contributed by atoms with van der Waals surface area (Å²) in [6.07, 6.45) is 5.93. The molecule has 1 fully saturated rings. The zero-order valence-electron chi connectivity index (χ0n) is 19.9. The van der Waals surface area contributed by atoms with Gasteiger partial charge in [-0.05, 0) is 13.8 Å². The Morgan fingerprint density at radius 3 is 1.35 bits per heavy atom. The van der Waals surface area contributed by atoms with Crippen molar-refractivity contribution in [3.05, 3.63) is 81.9 Å². The van der Waals surface area contributed by atoms with Gasteiger partial charge in [0, 0.05) is 0 Å². The Morgan fingerprint density at radius 2 is 1.03 bits per heavy atom. The molecule has 2 heteroatoms. The Bertz CT molecular complexity index is 1070. The molecule has 1 aliphatic carbocycles. The predicted octanol–water partition coefficient (Wildman–Crippen LogP) is 7.87. The molecule has 0 nitrogen and oxygen atoms in total. The van der Waals surface area contributed by atoms with Crippen molar-refractivity contribution in [2.75, 3.05) is 0 Å². The fourth-order valence-corrected chi connectivity index (χ4v) is 7.69. The number of benzene rings is 2. The fraction of sp³-hybridized carbons (Fsp3) is 0.345. The maximum absolute atomic E-state index is 2.26. The summed E-state index contributed by atoms with van der Waals surface area (Å²) < 4.78 is 0. The summed E-state index contributed by atoms with van der Waals surface area (Å²) in [4.78, 5) is 0. The molecular formula is C29H34HfSi. The van der Waals surface area contributed by atoms with Gasteiger partial charge in [-0.3, -0.25) is 0 Å². The topological polar surface area (TPSA) is 0 Å². The molecular weight excluding hydrogens is 555 g/mol. The van der Waals surface area contributed by atoms with Crippen LogP contribution in [0.15, 0.2) is 48.5 Å². The summed E-state index contributed by atoms with van der Waals surface area (Å²) in [5.74, 6) is 1.27. The molecule has 0 unspecified atom stereocenters. The quantitative estimate of drug-likeness (QED) is 0.145. The predicted molar refractivity (Wildman–Crippen MR) is 137 cm³/mol. The summed E-state index contributed by atoms with van der Waals surface area (Å²) in [5, 5.41) is 7.52. The molecule has 0 atom stereocenters. The van der Waals surface area contributed by atoms with Crippen LogP contribution in [0.3, 0.4) is 0 Å². The van der Waals surface area contributed by atoms with Gasteiger partial charge >= 0.3 is 59.7 Å². The van der Waals surface area contributed by atoms with Crippen molar-refractivity contribution in [1.82, 2.24) is 0 Å². The average molecular weight is 589 g/mol. The van der Waals surface area contributed by atoms with E-state index >= 15 is 0 Å². The molecule has 0 radical (unpaired) electrons. The van der Waals surface area contributed by atoms with Crippen LogP contribution in [0.2, 0.25) is 0 Å². The van der Waals surface area contributed by atoms with Crippen LogP contribution in [0.1, 0.15) is 59.1 Å². The van der Waals surface area contributed by atoms with Crippen LogP contribution in [0.25, 0.3) is 21.5 Å². The summed E-state index contributed by atoms with van der Waals surface area (Å²) >= 11 is 1.42. The molecule has 0 amide bonds. The number of hydrogen-bond acceptors (Lipinski definition) is 0. The average Bonchev–Trinajstić information content (AvgIpc) is 3.48. The van der Waals surface area contributed by atoms with Gasteiger partial charge in [0.15, 0.2) is 0 Å². The SMILES string of the molecule is Cc1cc2c(C)ccc(C)c2[cH-]1.Cc1cc2c(C)ccc(C)c2[cH-]1.[Hf+2]=[Si]=C1CCCC1. The van der Waals surface area contributed by atoms with E-state index < -0.39 is 0 Å². The zero-order valence-corrected chi connectivity index (χ0v) is 24.5. The van der Waals surface area contributed by atoms with Crippen molar-refractivity contribution in [2.24, 2.45) is 0 Å². The minimum absolute atomic E-state index is 1.27.